The van der Waals surface area contributed by atoms with E-state index in [1.54, 1.807) is 4.57 Å². The van der Waals surface area contributed by atoms with E-state index in [-0.39, 0.29) is 12.0 Å². The highest BCUT2D eigenvalue weighted by Crippen LogP contribution is 2.41. The highest BCUT2D eigenvalue weighted by molar-refractivity contribution is 5.82. The van der Waals surface area contributed by atoms with Crippen molar-refractivity contribution in [3.8, 4) is 0 Å². The van der Waals surface area contributed by atoms with Gasteiger partial charge < -0.3 is 25.4 Å². The van der Waals surface area contributed by atoms with E-state index in [1.807, 2.05) is 6.07 Å². The molecule has 0 spiro atoms. The summed E-state index contributed by atoms with van der Waals surface area (Å²) in [6.45, 7) is 0.356. The van der Waals surface area contributed by atoms with Gasteiger partial charge in [-0.05, 0) is 18.4 Å². The third-order valence-corrected chi connectivity index (χ3v) is 6.69. The van der Waals surface area contributed by atoms with Crippen molar-refractivity contribution in [1.29, 1.82) is 0 Å². The first kappa shape index (κ1) is 20.3. The number of anilines is 1. The van der Waals surface area contributed by atoms with Gasteiger partial charge >= 0.3 is 0 Å². The minimum Gasteiger partial charge on any atom is -0.394 e. The fourth-order valence-electron chi connectivity index (χ4n) is 4.94. The number of imidazole rings is 1. The first-order valence-electron chi connectivity index (χ1n) is 10.7. The van der Waals surface area contributed by atoms with Gasteiger partial charge in [0, 0.05) is 12.0 Å². The zero-order valence-corrected chi connectivity index (χ0v) is 17.1. The van der Waals surface area contributed by atoms with Gasteiger partial charge in [-0.1, -0.05) is 43.2 Å². The van der Waals surface area contributed by atoms with E-state index >= 15 is 0 Å². The molecular formula is C22H27N5O4. The van der Waals surface area contributed by atoms with Gasteiger partial charge in [0.15, 0.2) is 23.2 Å². The lowest BCUT2D eigenvalue weighted by atomic mass is 9.79. The number of fused-ring (bicyclic) bond motifs is 1. The van der Waals surface area contributed by atoms with Crippen LogP contribution in [0.3, 0.4) is 0 Å². The zero-order valence-electron chi connectivity index (χ0n) is 17.1. The van der Waals surface area contributed by atoms with E-state index in [0.717, 1.165) is 19.4 Å². The number of hydrogen-bond acceptors (Lipinski definition) is 8. The van der Waals surface area contributed by atoms with Gasteiger partial charge in [-0.25, -0.2) is 15.0 Å². The Morgan fingerprint density at radius 1 is 1.06 bits per heavy atom. The quantitative estimate of drug-likeness (QED) is 0.467. The number of nitrogens with one attached hydrogen (secondary N) is 1. The van der Waals surface area contributed by atoms with Crippen LogP contribution in [-0.2, 0) is 10.2 Å². The minimum atomic E-state index is -1.19. The maximum atomic E-state index is 10.4. The molecule has 4 atom stereocenters. The minimum absolute atomic E-state index is 0.0598. The summed E-state index contributed by atoms with van der Waals surface area (Å²) in [4.78, 5) is 13.2. The lowest BCUT2D eigenvalue weighted by Crippen LogP contribution is -2.33. The predicted molar refractivity (Wildman–Crippen MR) is 113 cm³/mol. The fraction of sp³-hybridized carbons (Fsp3) is 0.500. The molecule has 1 aliphatic carbocycles. The second kappa shape index (κ2) is 8.16. The molecule has 2 aliphatic rings. The van der Waals surface area contributed by atoms with Gasteiger partial charge in [0.25, 0.3) is 0 Å². The number of aromatic nitrogens is 4. The third-order valence-electron chi connectivity index (χ3n) is 6.69. The van der Waals surface area contributed by atoms with Crippen LogP contribution >= 0.6 is 0 Å². The van der Waals surface area contributed by atoms with Crippen LogP contribution in [0.5, 0.6) is 0 Å². The highest BCUT2D eigenvalue weighted by Gasteiger charge is 2.44. The van der Waals surface area contributed by atoms with E-state index in [9.17, 15) is 15.3 Å². The van der Waals surface area contributed by atoms with Crippen LogP contribution in [0.25, 0.3) is 11.2 Å². The lowest BCUT2D eigenvalue weighted by Gasteiger charge is -2.30. The van der Waals surface area contributed by atoms with Gasteiger partial charge in [-0.15, -0.1) is 0 Å². The monoisotopic (exact) mass is 425 g/mol. The Balaban J connectivity index is 1.42. The molecule has 9 nitrogen and oxygen atoms in total. The Hall–Kier alpha value is -2.59. The number of nitrogens with zero attached hydrogens (tertiary/aromatic N) is 4. The van der Waals surface area contributed by atoms with Crippen molar-refractivity contribution in [2.75, 3.05) is 18.5 Å². The Morgan fingerprint density at radius 3 is 2.55 bits per heavy atom. The number of ether oxygens (including phenoxy) is 1. The van der Waals surface area contributed by atoms with E-state index in [1.165, 1.54) is 31.1 Å². The molecule has 1 saturated heterocycles. The summed E-state index contributed by atoms with van der Waals surface area (Å²) >= 11 is 0. The molecule has 9 heteroatoms. The summed E-state index contributed by atoms with van der Waals surface area (Å²) < 4.78 is 7.21. The number of aliphatic hydroxyl groups excluding tert-OH is 3. The van der Waals surface area contributed by atoms with E-state index in [0.29, 0.717) is 17.0 Å². The number of aliphatic hydroxyl groups is 3. The second-order valence-electron chi connectivity index (χ2n) is 8.48. The Kier molecular flexibility index (Phi) is 5.35. The molecule has 5 rings (SSSR count). The second-order valence-corrected chi connectivity index (χ2v) is 8.48. The first-order chi connectivity index (χ1) is 15.1. The molecular weight excluding hydrogens is 398 g/mol. The normalized spacial score (nSPS) is 27.7. The smallest absolute Gasteiger partial charge is 0.167 e. The Labute approximate surface area is 179 Å². The molecule has 0 radical (unpaired) electrons. The van der Waals surface area contributed by atoms with Gasteiger partial charge in [0.1, 0.15) is 24.6 Å². The molecule has 0 amide bonds. The van der Waals surface area contributed by atoms with Crippen LogP contribution in [0.15, 0.2) is 43.0 Å². The van der Waals surface area contributed by atoms with Crippen molar-refractivity contribution in [3.05, 3.63) is 48.5 Å². The molecule has 4 N–H and O–H groups in total. The van der Waals surface area contributed by atoms with E-state index in [2.05, 4.69) is 44.5 Å². The summed E-state index contributed by atoms with van der Waals surface area (Å²) in [5.74, 6) is 0.623. The third kappa shape index (κ3) is 3.47. The molecule has 2 fully saturated rings. The van der Waals surface area contributed by atoms with Crippen molar-refractivity contribution >= 4 is 17.0 Å². The molecule has 31 heavy (non-hydrogen) atoms. The molecule has 0 bridgehead atoms. The summed E-state index contributed by atoms with van der Waals surface area (Å²) in [5, 5.41) is 33.3. The van der Waals surface area contributed by atoms with E-state index in [4.69, 9.17) is 4.74 Å². The molecule has 3 aromatic rings. The summed E-state index contributed by atoms with van der Waals surface area (Å²) in [6, 6.07) is 10.6. The molecule has 1 aliphatic heterocycles. The molecule has 2 aromatic heterocycles. The Morgan fingerprint density at radius 2 is 1.84 bits per heavy atom. The Bertz CT molecular complexity index is 1040. The maximum absolute atomic E-state index is 10.4. The highest BCUT2D eigenvalue weighted by atomic mass is 16.6. The molecule has 3 heterocycles. The average Bonchev–Trinajstić information content (AvgIpc) is 3.52. The summed E-state index contributed by atoms with van der Waals surface area (Å²) in [5.41, 5.74) is 2.46. The molecule has 164 valence electrons. The van der Waals surface area contributed by atoms with Crippen LogP contribution < -0.4 is 5.32 Å². The van der Waals surface area contributed by atoms with Gasteiger partial charge in [-0.3, -0.25) is 4.57 Å². The summed E-state index contributed by atoms with van der Waals surface area (Å²) in [7, 11) is 0. The van der Waals surface area contributed by atoms with Crippen molar-refractivity contribution in [3.63, 3.8) is 0 Å². The largest absolute Gasteiger partial charge is 0.394 e. The molecule has 1 aromatic carbocycles. The van der Waals surface area contributed by atoms with Crippen molar-refractivity contribution in [2.45, 2.75) is 55.6 Å². The first-order valence-corrected chi connectivity index (χ1v) is 10.7. The van der Waals surface area contributed by atoms with Crippen LogP contribution in [0.2, 0.25) is 0 Å². The summed E-state index contributed by atoms with van der Waals surface area (Å²) in [6.07, 6.45) is 3.51. The van der Waals surface area contributed by atoms with Crippen LogP contribution in [-0.4, -0.2) is 66.3 Å². The van der Waals surface area contributed by atoms with Gasteiger partial charge in [0.05, 0.1) is 12.9 Å². The maximum Gasteiger partial charge on any atom is 0.167 e. The number of benzene rings is 1. The number of hydrogen-bond donors (Lipinski definition) is 4. The standard InChI is InChI=1S/C22H27N5O4/c28-10-15-17(29)18(30)21(31-15)27-13-26-16-19(24-12-25-20(16)27)23-11-22(8-4-5-9-22)14-6-2-1-3-7-14/h1-3,6-7,12-13,15,17-18,21,28-30H,4-5,8-11H2,(H,23,24,25)/t15-,17?,18?,21-/m1/s1. The SMILES string of the molecule is OC[C@H]1O[C@@H](n2cnc3c(NCC4(c5ccccc5)CCCC4)ncnc32)C(O)C1O. The number of rotatable bonds is 6. The topological polar surface area (TPSA) is 126 Å². The van der Waals surface area contributed by atoms with Crippen molar-refractivity contribution < 1.29 is 20.1 Å². The fourth-order valence-corrected chi connectivity index (χ4v) is 4.94. The van der Waals surface area contributed by atoms with Crippen LogP contribution in [0.1, 0.15) is 37.5 Å². The molecule has 1 saturated carbocycles. The van der Waals surface area contributed by atoms with Gasteiger partial charge in [0.2, 0.25) is 0 Å². The van der Waals surface area contributed by atoms with Crippen molar-refractivity contribution in [2.24, 2.45) is 0 Å². The van der Waals surface area contributed by atoms with Gasteiger partial charge in [-0.2, -0.15) is 0 Å². The zero-order chi connectivity index (χ0) is 21.4. The van der Waals surface area contributed by atoms with E-state index < -0.39 is 24.5 Å². The van der Waals surface area contributed by atoms with Crippen molar-refractivity contribution in [1.82, 2.24) is 19.5 Å². The lowest BCUT2D eigenvalue weighted by molar-refractivity contribution is -0.0511. The van der Waals surface area contributed by atoms with Crippen LogP contribution in [0.4, 0.5) is 5.82 Å². The molecule has 2 unspecified atom stereocenters. The van der Waals surface area contributed by atoms with Crippen LogP contribution in [0, 0.1) is 0 Å². The predicted octanol–water partition coefficient (Wildman–Crippen LogP) is 1.36. The average molecular weight is 425 g/mol.